The number of aromatic nitrogens is 2. The fraction of sp³-hybridized carbons (Fsp3) is 0.222. The van der Waals surface area contributed by atoms with Crippen molar-refractivity contribution in [2.45, 2.75) is 17.3 Å². The molecule has 0 saturated heterocycles. The van der Waals surface area contributed by atoms with E-state index in [1.54, 1.807) is 42.5 Å². The average molecular weight is 398 g/mol. The van der Waals surface area contributed by atoms with E-state index in [-0.39, 0.29) is 5.56 Å². The predicted molar refractivity (Wildman–Crippen MR) is 96.7 cm³/mol. The smallest absolute Gasteiger partial charge is 0.282 e. The lowest BCUT2D eigenvalue weighted by molar-refractivity contribution is 0.0919. The lowest BCUT2D eigenvalue weighted by atomic mass is 9.87. The molecule has 1 aliphatic carbocycles. The van der Waals surface area contributed by atoms with Crippen LogP contribution in [0.2, 0.25) is 5.02 Å². The summed E-state index contributed by atoms with van der Waals surface area (Å²) in [5.74, 6) is -1.12. The highest BCUT2D eigenvalue weighted by molar-refractivity contribution is 6.30. The number of carbonyl (C=O) groups excluding carboxylic acids is 1. The molecule has 0 radical (unpaired) electrons. The Labute approximate surface area is 159 Å². The number of hydrogen-bond donors (Lipinski definition) is 1. The summed E-state index contributed by atoms with van der Waals surface area (Å²) in [4.78, 5) is 11.3. The van der Waals surface area contributed by atoms with Gasteiger partial charge in [-0.05, 0) is 23.8 Å². The first-order chi connectivity index (χ1) is 12.3. The number of aryl methyl sites for hydroxylation is 1. The third kappa shape index (κ3) is 3.66. The molecule has 0 spiro atoms. The highest BCUT2D eigenvalue weighted by atomic mass is 35.5. The summed E-state index contributed by atoms with van der Waals surface area (Å²) < 4.78 is 27.4. The van der Waals surface area contributed by atoms with Crippen LogP contribution in [0.5, 0.6) is 0 Å². The van der Waals surface area contributed by atoms with Gasteiger partial charge in [0, 0.05) is 24.2 Å². The van der Waals surface area contributed by atoms with Crippen molar-refractivity contribution >= 4 is 29.1 Å². The van der Waals surface area contributed by atoms with Crippen LogP contribution in [0.1, 0.15) is 34.0 Å². The molecule has 2 aromatic rings. The lowest BCUT2D eigenvalue weighted by Gasteiger charge is -2.34. The first-order valence-corrected chi connectivity index (χ1v) is 8.50. The van der Waals surface area contributed by atoms with Crippen molar-refractivity contribution in [3.63, 3.8) is 0 Å². The van der Waals surface area contributed by atoms with E-state index in [1.807, 2.05) is 6.08 Å². The minimum absolute atomic E-state index is 0.208. The number of carbonyl (C=O) groups is 1. The Balaban J connectivity index is 1.91. The van der Waals surface area contributed by atoms with E-state index in [9.17, 15) is 13.6 Å². The number of benzene rings is 1. The number of nitrogens with one attached hydrogen (secondary N) is 1. The van der Waals surface area contributed by atoms with Gasteiger partial charge in [0.25, 0.3) is 12.3 Å². The molecule has 0 aliphatic heterocycles. The summed E-state index contributed by atoms with van der Waals surface area (Å²) >= 11 is 12.6. The molecular weight excluding hydrogens is 383 g/mol. The van der Waals surface area contributed by atoms with Crippen molar-refractivity contribution in [2.75, 3.05) is 0 Å². The summed E-state index contributed by atoms with van der Waals surface area (Å²) in [6.45, 7) is 0. The Hall–Kier alpha value is -2.18. The highest BCUT2D eigenvalue weighted by Gasteiger charge is 2.38. The minimum Gasteiger partial charge on any atom is -0.329 e. The third-order valence-electron chi connectivity index (χ3n) is 4.05. The average Bonchev–Trinajstić information content (AvgIpc) is 2.98. The maximum atomic E-state index is 13.1. The zero-order valence-electron chi connectivity index (χ0n) is 13.7. The van der Waals surface area contributed by atoms with Crippen LogP contribution < -0.4 is 5.32 Å². The number of rotatable bonds is 4. The van der Waals surface area contributed by atoms with Gasteiger partial charge in [0.2, 0.25) is 0 Å². The van der Waals surface area contributed by atoms with Crippen molar-refractivity contribution in [2.24, 2.45) is 7.05 Å². The van der Waals surface area contributed by atoms with Gasteiger partial charge in [-0.1, -0.05) is 53.6 Å². The Morgan fingerprint density at radius 3 is 2.65 bits per heavy atom. The van der Waals surface area contributed by atoms with Crippen molar-refractivity contribution < 1.29 is 13.6 Å². The Kier molecular flexibility index (Phi) is 5.16. The number of nitrogens with zero attached hydrogens (tertiary/aromatic N) is 2. The topological polar surface area (TPSA) is 46.9 Å². The molecule has 1 N–H and O–H groups in total. The molecule has 1 aliphatic rings. The molecule has 3 rings (SSSR count). The fourth-order valence-corrected chi connectivity index (χ4v) is 3.32. The van der Waals surface area contributed by atoms with Crippen LogP contribution in [0.25, 0.3) is 0 Å². The summed E-state index contributed by atoms with van der Waals surface area (Å²) in [7, 11) is 1.47. The first-order valence-electron chi connectivity index (χ1n) is 7.75. The standard InChI is InChI=1S/C18H15Cl2F2N3O/c1-25-10-13(15(24-25)16(21)22)17(26)23-18(20)9-3-2-4-14(18)11-5-7-12(19)8-6-11/h2-10,14,16H,1H3,(H,23,26). The van der Waals surface area contributed by atoms with Crippen molar-refractivity contribution in [3.8, 4) is 0 Å². The van der Waals surface area contributed by atoms with E-state index >= 15 is 0 Å². The lowest BCUT2D eigenvalue weighted by Crippen LogP contribution is -2.47. The molecule has 1 aromatic carbocycles. The maximum Gasteiger partial charge on any atom is 0.282 e. The van der Waals surface area contributed by atoms with E-state index in [0.29, 0.717) is 5.02 Å². The largest absolute Gasteiger partial charge is 0.329 e. The number of allylic oxidation sites excluding steroid dienone is 2. The van der Waals surface area contributed by atoms with Gasteiger partial charge in [-0.15, -0.1) is 0 Å². The van der Waals surface area contributed by atoms with Gasteiger partial charge >= 0.3 is 0 Å². The zero-order valence-corrected chi connectivity index (χ0v) is 15.2. The monoisotopic (exact) mass is 397 g/mol. The summed E-state index contributed by atoms with van der Waals surface area (Å²) in [5, 5.41) is 6.88. The normalized spacial score (nSPS) is 22.0. The van der Waals surface area contributed by atoms with Crippen LogP contribution in [0, 0.1) is 0 Å². The van der Waals surface area contributed by atoms with Crippen LogP contribution >= 0.6 is 23.2 Å². The molecule has 136 valence electrons. The zero-order chi connectivity index (χ0) is 18.9. The van der Waals surface area contributed by atoms with E-state index in [1.165, 1.54) is 17.9 Å². The molecule has 26 heavy (non-hydrogen) atoms. The van der Waals surface area contributed by atoms with Gasteiger partial charge in [-0.25, -0.2) is 8.78 Å². The van der Waals surface area contributed by atoms with E-state index in [0.717, 1.165) is 5.56 Å². The minimum atomic E-state index is -2.86. The van der Waals surface area contributed by atoms with Gasteiger partial charge in [-0.3, -0.25) is 9.48 Å². The number of hydrogen-bond acceptors (Lipinski definition) is 2. The number of amides is 1. The maximum absolute atomic E-state index is 13.1. The predicted octanol–water partition coefficient (Wildman–Crippen LogP) is 4.59. The van der Waals surface area contributed by atoms with Crippen molar-refractivity contribution in [1.29, 1.82) is 0 Å². The van der Waals surface area contributed by atoms with Crippen LogP contribution in [-0.4, -0.2) is 20.7 Å². The number of alkyl halides is 3. The van der Waals surface area contributed by atoms with Crippen LogP contribution in [0.4, 0.5) is 8.78 Å². The second-order valence-corrected chi connectivity index (χ2v) is 6.96. The van der Waals surface area contributed by atoms with Crippen LogP contribution in [0.3, 0.4) is 0 Å². The summed E-state index contributed by atoms with van der Waals surface area (Å²) in [5.41, 5.74) is 0.0366. The van der Waals surface area contributed by atoms with E-state index in [2.05, 4.69) is 10.4 Å². The van der Waals surface area contributed by atoms with Gasteiger partial charge in [-0.2, -0.15) is 5.10 Å². The third-order valence-corrected chi connectivity index (χ3v) is 4.76. The summed E-state index contributed by atoms with van der Waals surface area (Å²) in [6, 6.07) is 7.04. The molecule has 1 heterocycles. The second-order valence-electron chi connectivity index (χ2n) is 5.90. The Bertz CT molecular complexity index is 877. The quantitative estimate of drug-likeness (QED) is 0.605. The molecule has 0 fully saturated rings. The fourth-order valence-electron chi connectivity index (χ4n) is 2.84. The van der Waals surface area contributed by atoms with Crippen LogP contribution in [-0.2, 0) is 7.05 Å². The van der Waals surface area contributed by atoms with Crippen molar-refractivity contribution in [1.82, 2.24) is 15.1 Å². The van der Waals surface area contributed by atoms with Gasteiger partial charge < -0.3 is 5.32 Å². The van der Waals surface area contributed by atoms with E-state index in [4.69, 9.17) is 23.2 Å². The molecule has 1 amide bonds. The van der Waals surface area contributed by atoms with Crippen LogP contribution in [0.15, 0.2) is 54.8 Å². The Morgan fingerprint density at radius 1 is 1.31 bits per heavy atom. The second kappa shape index (κ2) is 7.21. The molecule has 1 aromatic heterocycles. The summed E-state index contributed by atoms with van der Waals surface area (Å²) in [6.07, 6.45) is 5.32. The van der Waals surface area contributed by atoms with Crippen molar-refractivity contribution in [3.05, 3.63) is 76.6 Å². The number of halogens is 4. The molecule has 8 heteroatoms. The molecule has 0 saturated carbocycles. The van der Waals surface area contributed by atoms with Gasteiger partial charge in [0.1, 0.15) is 10.7 Å². The molecule has 4 nitrogen and oxygen atoms in total. The Morgan fingerprint density at radius 2 is 2.00 bits per heavy atom. The first kappa shape index (κ1) is 18.6. The van der Waals surface area contributed by atoms with Gasteiger partial charge in [0.15, 0.2) is 0 Å². The molecule has 2 unspecified atom stereocenters. The molecule has 0 bridgehead atoms. The SMILES string of the molecule is Cn1cc(C(=O)NC2(Cl)C=CC=CC2c2ccc(Cl)cc2)c(C(F)F)n1. The molecule has 2 atom stereocenters. The van der Waals surface area contributed by atoms with Gasteiger partial charge in [0.05, 0.1) is 5.56 Å². The highest BCUT2D eigenvalue weighted by Crippen LogP contribution is 2.38. The van der Waals surface area contributed by atoms with E-state index < -0.39 is 28.9 Å². The molecular formula is C18H15Cl2F2N3O.